The molecule has 0 amide bonds. The van der Waals surface area contributed by atoms with Crippen molar-refractivity contribution < 1.29 is 13.3 Å². The van der Waals surface area contributed by atoms with E-state index >= 15 is 0 Å². The van der Waals surface area contributed by atoms with Crippen LogP contribution in [0.5, 0.6) is 0 Å². The second-order valence-corrected chi connectivity index (χ2v) is 8.01. The van der Waals surface area contributed by atoms with Gasteiger partial charge >= 0.3 is 0 Å². The van der Waals surface area contributed by atoms with Gasteiger partial charge in [-0.25, -0.2) is 13.6 Å². The fourth-order valence-electron chi connectivity index (χ4n) is 2.16. The van der Waals surface area contributed by atoms with E-state index in [1.54, 1.807) is 11.8 Å². The van der Waals surface area contributed by atoms with Crippen molar-refractivity contribution in [1.29, 1.82) is 0 Å². The quantitative estimate of drug-likeness (QED) is 0.412. The number of sulfonamides is 1. The SMILES string of the molecule is CC[C@@H](CSc1ccccc1)Nc1ccc(S(N)(=O)=O)cc1[N+](=O)[O-]. The van der Waals surface area contributed by atoms with Crippen LogP contribution >= 0.6 is 11.8 Å². The zero-order chi connectivity index (χ0) is 18.4. The average Bonchev–Trinajstić information content (AvgIpc) is 2.58. The summed E-state index contributed by atoms with van der Waals surface area (Å²) in [6, 6.07) is 13.5. The Labute approximate surface area is 150 Å². The molecule has 0 radical (unpaired) electrons. The number of anilines is 1. The maximum absolute atomic E-state index is 11.4. The minimum absolute atomic E-state index is 0.00996. The van der Waals surface area contributed by atoms with Crippen LogP contribution in [0, 0.1) is 10.1 Å². The second kappa shape index (κ2) is 8.32. The van der Waals surface area contributed by atoms with Crippen molar-refractivity contribution in [2.24, 2.45) is 5.14 Å². The Balaban J connectivity index is 2.17. The number of nitrogens with zero attached hydrogens (tertiary/aromatic N) is 1. The maximum Gasteiger partial charge on any atom is 0.293 e. The lowest BCUT2D eigenvalue weighted by Crippen LogP contribution is -2.22. The van der Waals surface area contributed by atoms with Gasteiger partial charge in [-0.1, -0.05) is 25.1 Å². The Bertz CT molecular complexity index is 842. The van der Waals surface area contributed by atoms with Gasteiger partial charge in [0.25, 0.3) is 5.69 Å². The molecule has 0 saturated carbocycles. The van der Waals surface area contributed by atoms with Crippen molar-refractivity contribution in [1.82, 2.24) is 0 Å². The van der Waals surface area contributed by atoms with Gasteiger partial charge in [0.2, 0.25) is 10.0 Å². The van der Waals surface area contributed by atoms with Gasteiger partial charge in [0.05, 0.1) is 9.82 Å². The van der Waals surface area contributed by atoms with Gasteiger partial charge in [0, 0.05) is 22.8 Å². The number of nitro benzene ring substituents is 1. The molecule has 0 saturated heterocycles. The number of nitro groups is 1. The standard InChI is InChI=1S/C16H19N3O4S2/c1-2-12(11-24-13-6-4-3-5-7-13)18-15-9-8-14(25(17,22)23)10-16(15)19(20)21/h3-10,12,18H,2,11H2,1H3,(H2,17,22,23)/t12-/m0/s1. The Hall–Kier alpha value is -2.10. The third kappa shape index (κ3) is 5.45. The molecule has 9 heteroatoms. The average molecular weight is 381 g/mol. The van der Waals surface area contributed by atoms with Crippen molar-refractivity contribution in [2.75, 3.05) is 11.1 Å². The number of hydrogen-bond acceptors (Lipinski definition) is 6. The zero-order valence-corrected chi connectivity index (χ0v) is 15.2. The van der Waals surface area contributed by atoms with Gasteiger partial charge < -0.3 is 5.32 Å². The summed E-state index contributed by atoms with van der Waals surface area (Å²) in [4.78, 5) is 11.5. The molecule has 0 aromatic heterocycles. The van der Waals surface area contributed by atoms with Crippen molar-refractivity contribution in [3.8, 4) is 0 Å². The van der Waals surface area contributed by atoms with Crippen LogP contribution in [0.1, 0.15) is 13.3 Å². The first-order valence-electron chi connectivity index (χ1n) is 7.57. The Morgan fingerprint density at radius 2 is 1.92 bits per heavy atom. The van der Waals surface area contributed by atoms with E-state index in [1.807, 2.05) is 37.3 Å². The summed E-state index contributed by atoms with van der Waals surface area (Å²) in [5, 5.41) is 19.4. The molecule has 0 aliphatic carbocycles. The number of benzene rings is 2. The molecule has 0 unspecified atom stereocenters. The lowest BCUT2D eigenvalue weighted by molar-refractivity contribution is -0.384. The molecule has 0 fully saturated rings. The summed E-state index contributed by atoms with van der Waals surface area (Å²) in [5.41, 5.74) is -0.0346. The minimum Gasteiger partial charge on any atom is -0.376 e. The highest BCUT2D eigenvalue weighted by Crippen LogP contribution is 2.29. The van der Waals surface area contributed by atoms with Gasteiger partial charge in [-0.05, 0) is 30.7 Å². The molecule has 2 aromatic carbocycles. The van der Waals surface area contributed by atoms with Gasteiger partial charge in [0.1, 0.15) is 5.69 Å². The molecular formula is C16H19N3O4S2. The van der Waals surface area contributed by atoms with E-state index in [1.165, 1.54) is 12.1 Å². The third-order valence-electron chi connectivity index (χ3n) is 3.54. The fourth-order valence-corrected chi connectivity index (χ4v) is 3.75. The minimum atomic E-state index is -3.99. The van der Waals surface area contributed by atoms with Crippen molar-refractivity contribution in [3.05, 3.63) is 58.6 Å². The van der Waals surface area contributed by atoms with Crippen molar-refractivity contribution in [3.63, 3.8) is 0 Å². The molecule has 3 N–H and O–H groups in total. The lowest BCUT2D eigenvalue weighted by atomic mass is 10.2. The van der Waals surface area contributed by atoms with Crippen LogP contribution in [0.25, 0.3) is 0 Å². The predicted octanol–water partition coefficient (Wildman–Crippen LogP) is 3.23. The van der Waals surface area contributed by atoms with Gasteiger partial charge in [-0.15, -0.1) is 11.8 Å². The van der Waals surface area contributed by atoms with E-state index in [0.717, 1.165) is 17.4 Å². The Morgan fingerprint density at radius 3 is 2.48 bits per heavy atom. The molecular weight excluding hydrogens is 362 g/mol. The van der Waals surface area contributed by atoms with E-state index in [-0.39, 0.29) is 22.3 Å². The summed E-state index contributed by atoms with van der Waals surface area (Å²) in [5.74, 6) is 0.717. The highest BCUT2D eigenvalue weighted by molar-refractivity contribution is 7.99. The van der Waals surface area contributed by atoms with Crippen LogP contribution in [0.3, 0.4) is 0 Å². The fraction of sp³-hybridized carbons (Fsp3) is 0.250. The molecule has 0 heterocycles. The molecule has 0 aliphatic rings. The molecule has 0 aliphatic heterocycles. The first-order chi connectivity index (χ1) is 11.8. The normalized spacial score (nSPS) is 12.6. The van der Waals surface area contributed by atoms with Crippen molar-refractivity contribution >= 4 is 33.2 Å². The first-order valence-corrected chi connectivity index (χ1v) is 10.1. The van der Waals surface area contributed by atoms with E-state index in [2.05, 4.69) is 5.32 Å². The monoisotopic (exact) mass is 381 g/mol. The highest BCUT2D eigenvalue weighted by atomic mass is 32.2. The van der Waals surface area contributed by atoms with Crippen LogP contribution in [-0.2, 0) is 10.0 Å². The molecule has 2 rings (SSSR count). The topological polar surface area (TPSA) is 115 Å². The molecule has 2 aromatic rings. The lowest BCUT2D eigenvalue weighted by Gasteiger charge is -2.18. The molecule has 134 valence electrons. The predicted molar refractivity (Wildman–Crippen MR) is 99.3 cm³/mol. The summed E-state index contributed by atoms with van der Waals surface area (Å²) in [6.07, 6.45) is 0.758. The van der Waals surface area contributed by atoms with Gasteiger partial charge in [-0.2, -0.15) is 0 Å². The highest BCUT2D eigenvalue weighted by Gasteiger charge is 2.20. The van der Waals surface area contributed by atoms with Crippen LogP contribution in [0.2, 0.25) is 0 Å². The number of rotatable bonds is 8. The molecule has 25 heavy (non-hydrogen) atoms. The van der Waals surface area contributed by atoms with Crippen LogP contribution in [0.4, 0.5) is 11.4 Å². The summed E-state index contributed by atoms with van der Waals surface area (Å²) < 4.78 is 22.8. The second-order valence-electron chi connectivity index (χ2n) is 5.35. The number of thioether (sulfide) groups is 1. The third-order valence-corrected chi connectivity index (χ3v) is 5.63. The Morgan fingerprint density at radius 1 is 1.24 bits per heavy atom. The smallest absolute Gasteiger partial charge is 0.293 e. The van der Waals surface area contributed by atoms with Crippen LogP contribution < -0.4 is 10.5 Å². The Kier molecular flexibility index (Phi) is 6.40. The number of hydrogen-bond donors (Lipinski definition) is 2. The number of nitrogens with two attached hydrogens (primary N) is 1. The summed E-state index contributed by atoms with van der Waals surface area (Å²) in [7, 11) is -3.99. The first kappa shape index (κ1) is 19.2. The molecule has 1 atom stereocenters. The molecule has 0 spiro atoms. The van der Waals surface area contributed by atoms with E-state index in [0.29, 0.717) is 5.75 Å². The maximum atomic E-state index is 11.4. The summed E-state index contributed by atoms with van der Waals surface area (Å²) >= 11 is 1.65. The largest absolute Gasteiger partial charge is 0.376 e. The number of nitrogens with one attached hydrogen (secondary N) is 1. The van der Waals surface area contributed by atoms with E-state index < -0.39 is 14.9 Å². The van der Waals surface area contributed by atoms with E-state index in [9.17, 15) is 18.5 Å². The molecule has 7 nitrogen and oxygen atoms in total. The van der Waals surface area contributed by atoms with Crippen LogP contribution in [0.15, 0.2) is 58.3 Å². The summed E-state index contributed by atoms with van der Waals surface area (Å²) in [6.45, 7) is 1.98. The van der Waals surface area contributed by atoms with Gasteiger partial charge in [0.15, 0.2) is 0 Å². The van der Waals surface area contributed by atoms with Crippen LogP contribution in [-0.4, -0.2) is 25.1 Å². The van der Waals surface area contributed by atoms with Gasteiger partial charge in [-0.3, -0.25) is 10.1 Å². The van der Waals surface area contributed by atoms with Crippen molar-refractivity contribution in [2.45, 2.75) is 29.2 Å². The van der Waals surface area contributed by atoms with E-state index in [4.69, 9.17) is 5.14 Å². The zero-order valence-electron chi connectivity index (χ0n) is 13.6. The molecule has 0 bridgehead atoms. The number of primary sulfonamides is 1.